The van der Waals surface area contributed by atoms with Crippen LogP contribution in [0.15, 0.2) is 9.98 Å². The first-order valence-electron chi connectivity index (χ1n) is 1.93. The molecule has 0 amide bonds. The van der Waals surface area contributed by atoms with E-state index >= 15 is 0 Å². The van der Waals surface area contributed by atoms with E-state index in [1.54, 1.807) is 6.21 Å². The topological polar surface area (TPSA) is 24.7 Å². The predicted octanol–water partition coefficient (Wildman–Crippen LogP) is -2.39. The molecule has 0 aromatic rings. The molecule has 1 heterocycles. The van der Waals surface area contributed by atoms with Gasteiger partial charge in [-0.2, -0.15) is 0 Å². The van der Waals surface area contributed by atoms with E-state index in [0.717, 1.165) is 12.4 Å². The first-order valence-corrected chi connectivity index (χ1v) is 1.93. The molecule has 2 nitrogen and oxygen atoms in total. The summed E-state index contributed by atoms with van der Waals surface area (Å²) in [4.78, 5) is 7.79. The molecular formula is C4H7N2Na. The standard InChI is InChI=1S/C4H6N2.Na.H/c1-4-5-2-3-6-4;;/h2H,3H2,1H3;;/q;+1;-1. The van der Waals surface area contributed by atoms with Gasteiger partial charge in [0.25, 0.3) is 0 Å². The van der Waals surface area contributed by atoms with Gasteiger partial charge in [-0.1, -0.05) is 0 Å². The Hall–Kier alpha value is 0.340. The third kappa shape index (κ3) is 2.22. The van der Waals surface area contributed by atoms with Crippen molar-refractivity contribution in [2.24, 2.45) is 9.98 Å². The molecule has 3 heteroatoms. The maximum Gasteiger partial charge on any atom is 1.00 e. The van der Waals surface area contributed by atoms with Crippen molar-refractivity contribution in [2.45, 2.75) is 6.92 Å². The minimum atomic E-state index is 0. The molecule has 0 fully saturated rings. The predicted molar refractivity (Wildman–Crippen MR) is 27.6 cm³/mol. The SMILES string of the molecule is CC1=NCC=N1.[H-].[Na+]. The molecule has 34 valence electrons. The fourth-order valence-electron chi connectivity index (χ4n) is 0.387. The van der Waals surface area contributed by atoms with E-state index < -0.39 is 0 Å². The van der Waals surface area contributed by atoms with E-state index in [9.17, 15) is 0 Å². The number of amidine groups is 1. The van der Waals surface area contributed by atoms with Crippen LogP contribution in [0.1, 0.15) is 8.35 Å². The van der Waals surface area contributed by atoms with Crippen molar-refractivity contribution in [1.29, 1.82) is 0 Å². The minimum Gasteiger partial charge on any atom is -1.00 e. The monoisotopic (exact) mass is 106 g/mol. The van der Waals surface area contributed by atoms with Crippen molar-refractivity contribution in [1.82, 2.24) is 0 Å². The Bertz CT molecular complexity index is 108. The molecule has 0 N–H and O–H groups in total. The van der Waals surface area contributed by atoms with Gasteiger partial charge in [0.1, 0.15) is 5.84 Å². The minimum absolute atomic E-state index is 0. The first-order chi connectivity index (χ1) is 2.89. The van der Waals surface area contributed by atoms with Gasteiger partial charge in [-0.3, -0.25) is 4.99 Å². The Balaban J connectivity index is 0. The quantitative estimate of drug-likeness (QED) is 0.308. The third-order valence-electron chi connectivity index (χ3n) is 0.680. The Morgan fingerprint density at radius 3 is 2.71 bits per heavy atom. The van der Waals surface area contributed by atoms with Crippen LogP contribution in [0.5, 0.6) is 0 Å². The second-order valence-electron chi connectivity index (χ2n) is 1.20. The second-order valence-corrected chi connectivity index (χ2v) is 1.20. The molecule has 0 saturated heterocycles. The first kappa shape index (κ1) is 7.34. The molecule has 0 aromatic heterocycles. The molecule has 0 saturated carbocycles. The number of aliphatic imine (C=N–C) groups is 2. The fraction of sp³-hybridized carbons (Fsp3) is 0.500. The summed E-state index contributed by atoms with van der Waals surface area (Å²) in [6, 6.07) is 0. The maximum atomic E-state index is 3.93. The van der Waals surface area contributed by atoms with Gasteiger partial charge >= 0.3 is 29.6 Å². The van der Waals surface area contributed by atoms with Crippen LogP contribution in [0, 0.1) is 0 Å². The van der Waals surface area contributed by atoms with Gasteiger partial charge in [-0.05, 0) is 6.92 Å². The van der Waals surface area contributed by atoms with Crippen LogP contribution in [-0.4, -0.2) is 18.6 Å². The molecule has 1 aliphatic rings. The van der Waals surface area contributed by atoms with Crippen molar-refractivity contribution in [2.75, 3.05) is 6.54 Å². The summed E-state index contributed by atoms with van der Waals surface area (Å²) < 4.78 is 0. The summed E-state index contributed by atoms with van der Waals surface area (Å²) in [6.07, 6.45) is 1.80. The van der Waals surface area contributed by atoms with E-state index in [-0.39, 0.29) is 31.0 Å². The molecule has 0 radical (unpaired) electrons. The van der Waals surface area contributed by atoms with Gasteiger partial charge in [-0.25, -0.2) is 4.99 Å². The van der Waals surface area contributed by atoms with Crippen molar-refractivity contribution < 1.29 is 31.0 Å². The zero-order valence-corrected chi connectivity index (χ0v) is 6.68. The Morgan fingerprint density at radius 1 is 1.86 bits per heavy atom. The molecule has 1 aliphatic heterocycles. The van der Waals surface area contributed by atoms with Crippen molar-refractivity contribution in [3.63, 3.8) is 0 Å². The number of hydrogen-bond acceptors (Lipinski definition) is 2. The fourth-order valence-corrected chi connectivity index (χ4v) is 0.387. The molecule has 0 aliphatic carbocycles. The average Bonchev–Trinajstić information content (AvgIpc) is 1.86. The molecule has 1 rings (SSSR count). The van der Waals surface area contributed by atoms with E-state index in [0.29, 0.717) is 0 Å². The van der Waals surface area contributed by atoms with Gasteiger partial charge < -0.3 is 1.43 Å². The largest absolute Gasteiger partial charge is 1.00 e. The molecule has 0 unspecified atom stereocenters. The number of nitrogens with zero attached hydrogens (tertiary/aromatic N) is 2. The number of hydrogen-bond donors (Lipinski definition) is 0. The van der Waals surface area contributed by atoms with Crippen molar-refractivity contribution in [3.05, 3.63) is 0 Å². The summed E-state index contributed by atoms with van der Waals surface area (Å²) >= 11 is 0. The van der Waals surface area contributed by atoms with E-state index in [1.165, 1.54) is 0 Å². The zero-order valence-electron chi connectivity index (χ0n) is 5.68. The molecule has 7 heavy (non-hydrogen) atoms. The maximum absolute atomic E-state index is 3.93. The van der Waals surface area contributed by atoms with Gasteiger partial charge in [-0.15, -0.1) is 0 Å². The van der Waals surface area contributed by atoms with Crippen LogP contribution in [0.4, 0.5) is 0 Å². The van der Waals surface area contributed by atoms with Crippen LogP contribution in [0.25, 0.3) is 0 Å². The Morgan fingerprint density at radius 2 is 2.57 bits per heavy atom. The van der Waals surface area contributed by atoms with Crippen LogP contribution >= 0.6 is 0 Å². The third-order valence-corrected chi connectivity index (χ3v) is 0.680. The Kier molecular flexibility index (Phi) is 3.52. The van der Waals surface area contributed by atoms with Gasteiger partial charge in [0.15, 0.2) is 0 Å². The summed E-state index contributed by atoms with van der Waals surface area (Å²) in [7, 11) is 0. The van der Waals surface area contributed by atoms with E-state index in [4.69, 9.17) is 0 Å². The normalized spacial score (nSPS) is 15.9. The van der Waals surface area contributed by atoms with E-state index in [2.05, 4.69) is 9.98 Å². The summed E-state index contributed by atoms with van der Waals surface area (Å²) in [5.41, 5.74) is 0. The van der Waals surface area contributed by atoms with Crippen LogP contribution in [0.2, 0.25) is 0 Å². The van der Waals surface area contributed by atoms with Crippen molar-refractivity contribution in [3.8, 4) is 0 Å². The Labute approximate surface area is 66.5 Å². The molecule has 0 bridgehead atoms. The average molecular weight is 106 g/mol. The summed E-state index contributed by atoms with van der Waals surface area (Å²) in [5, 5.41) is 0. The summed E-state index contributed by atoms with van der Waals surface area (Å²) in [6.45, 7) is 2.68. The molecule has 0 spiro atoms. The molecular weight excluding hydrogens is 99.0 g/mol. The second kappa shape index (κ2) is 3.36. The van der Waals surface area contributed by atoms with Crippen molar-refractivity contribution >= 4 is 12.1 Å². The number of rotatable bonds is 0. The van der Waals surface area contributed by atoms with Gasteiger partial charge in [0.2, 0.25) is 0 Å². The zero-order chi connectivity index (χ0) is 4.41. The van der Waals surface area contributed by atoms with Crippen LogP contribution in [0.3, 0.4) is 0 Å². The van der Waals surface area contributed by atoms with Gasteiger partial charge in [0, 0.05) is 6.21 Å². The van der Waals surface area contributed by atoms with E-state index in [1.807, 2.05) is 6.92 Å². The van der Waals surface area contributed by atoms with Gasteiger partial charge in [0.05, 0.1) is 6.54 Å². The summed E-state index contributed by atoms with van der Waals surface area (Å²) in [5.74, 6) is 0.898. The molecule has 0 atom stereocenters. The van der Waals surface area contributed by atoms with Crippen LogP contribution in [-0.2, 0) is 0 Å². The smallest absolute Gasteiger partial charge is 1.00 e. The molecule has 0 aromatic carbocycles. The van der Waals surface area contributed by atoms with Crippen LogP contribution < -0.4 is 29.6 Å².